The van der Waals surface area contributed by atoms with Crippen molar-refractivity contribution in [3.05, 3.63) is 29.3 Å². The van der Waals surface area contributed by atoms with E-state index >= 15 is 0 Å². The Balaban J connectivity index is 2.11. The van der Waals surface area contributed by atoms with Crippen molar-refractivity contribution < 1.29 is 14.6 Å². The van der Waals surface area contributed by atoms with Gasteiger partial charge in [0.25, 0.3) is 0 Å². The lowest BCUT2D eigenvalue weighted by molar-refractivity contribution is -0.137. The molecular formula is C13H18ClNO3. The minimum Gasteiger partial charge on any atom is -0.494 e. The van der Waals surface area contributed by atoms with Gasteiger partial charge in [0, 0.05) is 18.1 Å². The summed E-state index contributed by atoms with van der Waals surface area (Å²) in [7, 11) is 1.91. The smallest absolute Gasteiger partial charge is 0.304 e. The molecule has 0 spiro atoms. The minimum atomic E-state index is -0.765. The highest BCUT2D eigenvalue weighted by Crippen LogP contribution is 2.15. The number of carboxylic acid groups (broad SMARTS) is 1. The van der Waals surface area contributed by atoms with Crippen molar-refractivity contribution >= 4 is 17.6 Å². The van der Waals surface area contributed by atoms with Crippen LogP contribution in [0.2, 0.25) is 5.02 Å². The van der Waals surface area contributed by atoms with E-state index in [9.17, 15) is 4.79 Å². The van der Waals surface area contributed by atoms with Crippen LogP contribution in [0.4, 0.5) is 0 Å². The fraction of sp³-hybridized carbons (Fsp3) is 0.462. The van der Waals surface area contributed by atoms with Crippen molar-refractivity contribution in [3.8, 4) is 5.75 Å². The second kappa shape index (κ2) is 7.95. The molecule has 1 aromatic rings. The average Bonchev–Trinajstić information content (AvgIpc) is 2.34. The van der Waals surface area contributed by atoms with Crippen molar-refractivity contribution in [2.24, 2.45) is 0 Å². The van der Waals surface area contributed by atoms with Crippen molar-refractivity contribution in [1.29, 1.82) is 0 Å². The fourth-order valence-electron chi connectivity index (χ4n) is 1.45. The Morgan fingerprint density at radius 3 is 2.61 bits per heavy atom. The lowest BCUT2D eigenvalue weighted by atomic mass is 10.3. The summed E-state index contributed by atoms with van der Waals surface area (Å²) in [6.45, 7) is 2.00. The number of nitrogens with zero attached hydrogens (tertiary/aromatic N) is 1. The largest absolute Gasteiger partial charge is 0.494 e. The van der Waals surface area contributed by atoms with Crippen LogP contribution in [0, 0.1) is 0 Å². The van der Waals surface area contributed by atoms with Crippen LogP contribution in [0.5, 0.6) is 5.75 Å². The zero-order valence-electron chi connectivity index (χ0n) is 10.4. The summed E-state index contributed by atoms with van der Waals surface area (Å²) < 4.78 is 5.54. The molecule has 0 amide bonds. The Labute approximate surface area is 112 Å². The monoisotopic (exact) mass is 271 g/mol. The van der Waals surface area contributed by atoms with E-state index in [4.69, 9.17) is 21.4 Å². The minimum absolute atomic E-state index is 0.175. The summed E-state index contributed by atoms with van der Waals surface area (Å²) in [6.07, 6.45) is 1.04. The molecule has 0 aliphatic heterocycles. The molecule has 0 aliphatic carbocycles. The van der Waals surface area contributed by atoms with Crippen molar-refractivity contribution in [3.63, 3.8) is 0 Å². The number of benzene rings is 1. The molecular weight excluding hydrogens is 254 g/mol. The third-order valence-electron chi connectivity index (χ3n) is 2.47. The second-order valence-corrected chi connectivity index (χ2v) is 4.54. The van der Waals surface area contributed by atoms with Crippen LogP contribution in [0.3, 0.4) is 0 Å². The number of rotatable bonds is 8. The van der Waals surface area contributed by atoms with E-state index in [0.717, 1.165) is 18.7 Å². The van der Waals surface area contributed by atoms with Crippen LogP contribution in [0.1, 0.15) is 12.8 Å². The van der Waals surface area contributed by atoms with Gasteiger partial charge in [0.1, 0.15) is 5.75 Å². The van der Waals surface area contributed by atoms with E-state index in [1.807, 2.05) is 24.1 Å². The number of hydrogen-bond donors (Lipinski definition) is 1. The fourth-order valence-corrected chi connectivity index (χ4v) is 1.58. The van der Waals surface area contributed by atoms with Gasteiger partial charge in [-0.15, -0.1) is 0 Å². The molecule has 4 nitrogen and oxygen atoms in total. The summed E-state index contributed by atoms with van der Waals surface area (Å²) >= 11 is 5.76. The Hall–Kier alpha value is -1.26. The van der Waals surface area contributed by atoms with Gasteiger partial charge in [-0.2, -0.15) is 0 Å². The molecule has 1 N–H and O–H groups in total. The van der Waals surface area contributed by atoms with E-state index in [-0.39, 0.29) is 6.42 Å². The Kier molecular flexibility index (Phi) is 6.54. The third kappa shape index (κ3) is 6.47. The molecule has 0 fully saturated rings. The van der Waals surface area contributed by atoms with Crippen molar-refractivity contribution in [2.45, 2.75) is 12.8 Å². The van der Waals surface area contributed by atoms with Crippen LogP contribution in [-0.4, -0.2) is 42.7 Å². The van der Waals surface area contributed by atoms with E-state index in [0.29, 0.717) is 18.2 Å². The van der Waals surface area contributed by atoms with Crippen LogP contribution in [0.25, 0.3) is 0 Å². The van der Waals surface area contributed by atoms with E-state index in [2.05, 4.69) is 0 Å². The Bertz CT molecular complexity index is 367. The second-order valence-electron chi connectivity index (χ2n) is 4.10. The molecule has 1 rings (SSSR count). The SMILES string of the molecule is CN(CCCOc1ccc(Cl)cc1)CCC(=O)O. The van der Waals surface area contributed by atoms with Crippen molar-refractivity contribution in [1.82, 2.24) is 4.90 Å². The van der Waals surface area contributed by atoms with Gasteiger partial charge in [0.2, 0.25) is 0 Å². The summed E-state index contributed by atoms with van der Waals surface area (Å²) in [5.74, 6) is 0.0341. The van der Waals surface area contributed by atoms with E-state index in [1.54, 1.807) is 12.1 Å². The zero-order chi connectivity index (χ0) is 13.4. The molecule has 0 heterocycles. The summed E-state index contributed by atoms with van der Waals surface area (Å²) in [5, 5.41) is 9.23. The van der Waals surface area contributed by atoms with Gasteiger partial charge < -0.3 is 14.7 Å². The van der Waals surface area contributed by atoms with Gasteiger partial charge >= 0.3 is 5.97 Å². The molecule has 0 atom stereocenters. The normalized spacial score (nSPS) is 10.6. The first-order valence-corrected chi connectivity index (χ1v) is 6.24. The Morgan fingerprint density at radius 1 is 1.33 bits per heavy atom. The van der Waals surface area contributed by atoms with Crippen LogP contribution in [0.15, 0.2) is 24.3 Å². The maximum absolute atomic E-state index is 10.4. The lowest BCUT2D eigenvalue weighted by Crippen LogP contribution is -2.24. The highest BCUT2D eigenvalue weighted by atomic mass is 35.5. The molecule has 5 heteroatoms. The highest BCUT2D eigenvalue weighted by Gasteiger charge is 2.02. The highest BCUT2D eigenvalue weighted by molar-refractivity contribution is 6.30. The molecule has 0 aliphatic rings. The van der Waals surface area contributed by atoms with Crippen LogP contribution in [-0.2, 0) is 4.79 Å². The molecule has 0 radical (unpaired) electrons. The third-order valence-corrected chi connectivity index (χ3v) is 2.73. The maximum Gasteiger partial charge on any atom is 0.304 e. The summed E-state index contributed by atoms with van der Waals surface area (Å²) in [6, 6.07) is 7.23. The number of ether oxygens (including phenoxy) is 1. The van der Waals surface area contributed by atoms with Crippen LogP contribution >= 0.6 is 11.6 Å². The lowest BCUT2D eigenvalue weighted by Gasteiger charge is -2.15. The average molecular weight is 272 g/mol. The van der Waals surface area contributed by atoms with Gasteiger partial charge in [0.05, 0.1) is 13.0 Å². The van der Waals surface area contributed by atoms with E-state index in [1.165, 1.54) is 0 Å². The quantitative estimate of drug-likeness (QED) is 0.738. The predicted octanol–water partition coefficient (Wildman–Crippen LogP) is 2.52. The molecule has 18 heavy (non-hydrogen) atoms. The molecule has 100 valence electrons. The maximum atomic E-state index is 10.4. The first-order chi connectivity index (χ1) is 8.58. The zero-order valence-corrected chi connectivity index (χ0v) is 11.2. The molecule has 0 aromatic heterocycles. The van der Waals surface area contributed by atoms with Gasteiger partial charge in [-0.1, -0.05) is 11.6 Å². The topological polar surface area (TPSA) is 49.8 Å². The Morgan fingerprint density at radius 2 is 2.00 bits per heavy atom. The van der Waals surface area contributed by atoms with Gasteiger partial charge in [-0.05, 0) is 37.7 Å². The molecule has 0 saturated carbocycles. The standard InChI is InChI=1S/C13H18ClNO3/c1-15(9-7-13(16)17)8-2-10-18-12-5-3-11(14)4-6-12/h3-6H,2,7-10H2,1H3,(H,16,17). The molecule has 1 aromatic carbocycles. The molecule has 0 saturated heterocycles. The number of aliphatic carboxylic acids is 1. The van der Waals surface area contributed by atoms with Gasteiger partial charge in [0.15, 0.2) is 0 Å². The van der Waals surface area contributed by atoms with E-state index < -0.39 is 5.97 Å². The van der Waals surface area contributed by atoms with Crippen molar-refractivity contribution in [2.75, 3.05) is 26.7 Å². The molecule has 0 bridgehead atoms. The summed E-state index contributed by atoms with van der Waals surface area (Å²) in [4.78, 5) is 12.4. The first-order valence-electron chi connectivity index (χ1n) is 5.86. The number of hydrogen-bond acceptors (Lipinski definition) is 3. The first kappa shape index (κ1) is 14.8. The number of carbonyl (C=O) groups is 1. The molecule has 0 unspecified atom stereocenters. The van der Waals surface area contributed by atoms with Crippen LogP contribution < -0.4 is 4.74 Å². The summed E-state index contributed by atoms with van der Waals surface area (Å²) in [5.41, 5.74) is 0. The number of halogens is 1. The van der Waals surface area contributed by atoms with Gasteiger partial charge in [-0.25, -0.2) is 0 Å². The van der Waals surface area contributed by atoms with Gasteiger partial charge in [-0.3, -0.25) is 4.79 Å². The predicted molar refractivity (Wildman–Crippen MR) is 71.3 cm³/mol. The number of carboxylic acids is 1.